The van der Waals surface area contributed by atoms with Crippen molar-refractivity contribution in [3.63, 3.8) is 0 Å². The molecule has 3 nitrogen and oxygen atoms in total. The summed E-state index contributed by atoms with van der Waals surface area (Å²) in [5.41, 5.74) is 7.46. The van der Waals surface area contributed by atoms with Crippen LogP contribution in [0.1, 0.15) is 24.8 Å². The van der Waals surface area contributed by atoms with Gasteiger partial charge in [-0.2, -0.15) is 0 Å². The Bertz CT molecular complexity index is 352. The highest BCUT2D eigenvalue weighted by Crippen LogP contribution is 2.19. The molecule has 1 rings (SSSR count). The Kier molecular flexibility index (Phi) is 4.49. The summed E-state index contributed by atoms with van der Waals surface area (Å²) in [5, 5.41) is 8.46. The summed E-state index contributed by atoms with van der Waals surface area (Å²) in [6, 6.07) is 5.71. The molecule has 0 atom stereocenters. The van der Waals surface area contributed by atoms with Gasteiger partial charge in [0.15, 0.2) is 0 Å². The SMILES string of the molecule is Nc1ccc(CCCCC(=O)O)cc1S. The van der Waals surface area contributed by atoms with Crippen molar-refractivity contribution in [1.29, 1.82) is 0 Å². The van der Waals surface area contributed by atoms with Gasteiger partial charge in [0.05, 0.1) is 0 Å². The van der Waals surface area contributed by atoms with Gasteiger partial charge in [-0.25, -0.2) is 0 Å². The first kappa shape index (κ1) is 11.9. The van der Waals surface area contributed by atoms with Crippen LogP contribution in [-0.2, 0) is 11.2 Å². The maximum atomic E-state index is 10.3. The lowest BCUT2D eigenvalue weighted by Crippen LogP contribution is -1.95. The molecular weight excluding hydrogens is 210 g/mol. The predicted octanol–water partition coefficient (Wildman–Crippen LogP) is 2.35. The number of nitrogen functional groups attached to an aromatic ring is 1. The number of carbonyl (C=O) groups is 1. The summed E-state index contributed by atoms with van der Waals surface area (Å²) >= 11 is 4.23. The third-order valence-corrected chi connectivity index (χ3v) is 2.59. The highest BCUT2D eigenvalue weighted by atomic mass is 32.1. The van der Waals surface area contributed by atoms with Crippen LogP contribution >= 0.6 is 12.6 Å². The number of anilines is 1. The normalized spacial score (nSPS) is 10.2. The highest BCUT2D eigenvalue weighted by molar-refractivity contribution is 7.80. The summed E-state index contributed by atoms with van der Waals surface area (Å²) in [6.45, 7) is 0. The fourth-order valence-electron chi connectivity index (χ4n) is 1.35. The molecule has 0 spiro atoms. The number of aliphatic carboxylic acids is 1. The van der Waals surface area contributed by atoms with E-state index in [1.807, 2.05) is 18.2 Å². The lowest BCUT2D eigenvalue weighted by atomic mass is 10.1. The molecule has 1 aromatic carbocycles. The molecule has 82 valence electrons. The molecule has 0 aliphatic rings. The molecule has 4 heteroatoms. The standard InChI is InChI=1S/C11H15NO2S/c12-9-6-5-8(7-10(9)15)3-1-2-4-11(13)14/h5-7,15H,1-4,12H2,(H,13,14). The molecule has 0 aromatic heterocycles. The summed E-state index contributed by atoms with van der Waals surface area (Å²) in [7, 11) is 0. The monoisotopic (exact) mass is 225 g/mol. The fourth-order valence-corrected chi connectivity index (χ4v) is 1.59. The van der Waals surface area contributed by atoms with Crippen molar-refractivity contribution in [2.75, 3.05) is 5.73 Å². The lowest BCUT2D eigenvalue weighted by Gasteiger charge is -2.03. The van der Waals surface area contributed by atoms with Gasteiger partial charge in [0.1, 0.15) is 0 Å². The van der Waals surface area contributed by atoms with Crippen molar-refractivity contribution in [2.24, 2.45) is 0 Å². The maximum absolute atomic E-state index is 10.3. The van der Waals surface area contributed by atoms with Crippen LogP contribution in [0.3, 0.4) is 0 Å². The van der Waals surface area contributed by atoms with E-state index >= 15 is 0 Å². The Morgan fingerprint density at radius 3 is 2.73 bits per heavy atom. The Morgan fingerprint density at radius 1 is 1.40 bits per heavy atom. The smallest absolute Gasteiger partial charge is 0.303 e. The molecule has 0 radical (unpaired) electrons. The average molecular weight is 225 g/mol. The van der Waals surface area contributed by atoms with Crippen LogP contribution < -0.4 is 5.73 Å². The van der Waals surface area contributed by atoms with Crippen molar-refractivity contribution in [2.45, 2.75) is 30.6 Å². The van der Waals surface area contributed by atoms with Crippen LogP contribution in [0.2, 0.25) is 0 Å². The predicted molar refractivity (Wildman–Crippen MR) is 63.3 cm³/mol. The minimum Gasteiger partial charge on any atom is -0.481 e. The van der Waals surface area contributed by atoms with Crippen LogP contribution in [0.4, 0.5) is 5.69 Å². The van der Waals surface area contributed by atoms with Crippen LogP contribution in [0.5, 0.6) is 0 Å². The quantitative estimate of drug-likeness (QED) is 0.409. The summed E-state index contributed by atoms with van der Waals surface area (Å²) in [4.78, 5) is 11.1. The molecule has 0 amide bonds. The van der Waals surface area contributed by atoms with Crippen LogP contribution in [0, 0.1) is 0 Å². The Morgan fingerprint density at radius 2 is 2.13 bits per heavy atom. The largest absolute Gasteiger partial charge is 0.481 e. The number of thiol groups is 1. The van der Waals surface area contributed by atoms with Gasteiger partial charge >= 0.3 is 5.97 Å². The molecule has 0 fully saturated rings. The number of rotatable bonds is 5. The van der Waals surface area contributed by atoms with E-state index in [2.05, 4.69) is 12.6 Å². The number of hydrogen-bond acceptors (Lipinski definition) is 3. The van der Waals surface area contributed by atoms with Gasteiger partial charge in [-0.05, 0) is 37.0 Å². The number of nitrogens with two attached hydrogens (primary N) is 1. The average Bonchev–Trinajstić information content (AvgIpc) is 2.18. The second-order valence-corrected chi connectivity index (χ2v) is 3.98. The van der Waals surface area contributed by atoms with Crippen molar-refractivity contribution in [1.82, 2.24) is 0 Å². The van der Waals surface area contributed by atoms with E-state index in [0.29, 0.717) is 12.1 Å². The van der Waals surface area contributed by atoms with Crippen LogP contribution in [0.15, 0.2) is 23.1 Å². The Labute approximate surface area is 94.7 Å². The minimum atomic E-state index is -0.734. The number of carboxylic acids is 1. The molecule has 0 aliphatic carbocycles. The summed E-state index contributed by atoms with van der Waals surface area (Å²) in [6.07, 6.45) is 2.70. The van der Waals surface area contributed by atoms with E-state index < -0.39 is 5.97 Å². The lowest BCUT2D eigenvalue weighted by molar-refractivity contribution is -0.137. The maximum Gasteiger partial charge on any atom is 0.303 e. The van der Waals surface area contributed by atoms with Crippen LogP contribution in [-0.4, -0.2) is 11.1 Å². The Balaban J connectivity index is 2.38. The van der Waals surface area contributed by atoms with E-state index in [0.717, 1.165) is 23.3 Å². The third kappa shape index (κ3) is 4.25. The van der Waals surface area contributed by atoms with Crippen molar-refractivity contribution in [3.05, 3.63) is 23.8 Å². The second kappa shape index (κ2) is 5.66. The number of aryl methyl sites for hydroxylation is 1. The minimum absolute atomic E-state index is 0.239. The number of benzene rings is 1. The zero-order valence-corrected chi connectivity index (χ0v) is 9.33. The molecule has 0 saturated carbocycles. The topological polar surface area (TPSA) is 63.3 Å². The third-order valence-electron chi connectivity index (χ3n) is 2.20. The van der Waals surface area contributed by atoms with E-state index in [1.165, 1.54) is 0 Å². The zero-order chi connectivity index (χ0) is 11.3. The first-order valence-corrected chi connectivity index (χ1v) is 5.33. The van der Waals surface area contributed by atoms with Crippen molar-refractivity contribution >= 4 is 24.3 Å². The van der Waals surface area contributed by atoms with Gasteiger partial charge in [0, 0.05) is 17.0 Å². The number of hydrogen-bond donors (Lipinski definition) is 3. The van der Waals surface area contributed by atoms with Crippen molar-refractivity contribution < 1.29 is 9.90 Å². The molecule has 0 heterocycles. The van der Waals surface area contributed by atoms with Gasteiger partial charge in [0.2, 0.25) is 0 Å². The van der Waals surface area contributed by atoms with E-state index in [9.17, 15) is 4.79 Å². The first-order chi connectivity index (χ1) is 7.09. The van der Waals surface area contributed by atoms with Crippen LogP contribution in [0.25, 0.3) is 0 Å². The number of unbranched alkanes of at least 4 members (excludes halogenated alkanes) is 1. The molecular formula is C11H15NO2S. The molecule has 0 bridgehead atoms. The summed E-state index contributed by atoms with van der Waals surface area (Å²) in [5.74, 6) is -0.734. The molecule has 0 unspecified atom stereocenters. The molecule has 0 saturated heterocycles. The van der Waals surface area contributed by atoms with Gasteiger partial charge in [-0.1, -0.05) is 6.07 Å². The number of carboxylic acid groups (broad SMARTS) is 1. The van der Waals surface area contributed by atoms with Crippen molar-refractivity contribution in [3.8, 4) is 0 Å². The van der Waals surface area contributed by atoms with E-state index in [-0.39, 0.29) is 6.42 Å². The molecule has 15 heavy (non-hydrogen) atoms. The van der Waals surface area contributed by atoms with Gasteiger partial charge in [-0.15, -0.1) is 12.6 Å². The van der Waals surface area contributed by atoms with Gasteiger partial charge in [-0.3, -0.25) is 4.79 Å². The van der Waals surface area contributed by atoms with E-state index in [1.54, 1.807) is 0 Å². The fraction of sp³-hybridized carbons (Fsp3) is 0.364. The first-order valence-electron chi connectivity index (χ1n) is 4.89. The molecule has 0 aliphatic heterocycles. The van der Waals surface area contributed by atoms with E-state index in [4.69, 9.17) is 10.8 Å². The summed E-state index contributed by atoms with van der Waals surface area (Å²) < 4.78 is 0. The second-order valence-electron chi connectivity index (χ2n) is 3.49. The van der Waals surface area contributed by atoms with Gasteiger partial charge < -0.3 is 10.8 Å². The zero-order valence-electron chi connectivity index (χ0n) is 8.44. The Hall–Kier alpha value is -1.16. The van der Waals surface area contributed by atoms with Gasteiger partial charge in [0.25, 0.3) is 0 Å². The molecule has 3 N–H and O–H groups in total. The highest BCUT2D eigenvalue weighted by Gasteiger charge is 1.99. The molecule has 1 aromatic rings.